The molecule has 0 saturated heterocycles. The highest BCUT2D eigenvalue weighted by atomic mass is 32.2. The minimum absolute atomic E-state index is 0.0563. The van der Waals surface area contributed by atoms with Gasteiger partial charge in [0.05, 0.1) is 0 Å². The molecule has 3 amide bonds. The van der Waals surface area contributed by atoms with Crippen molar-refractivity contribution >= 4 is 29.5 Å². The maximum Gasteiger partial charge on any atom is 0.276 e. The van der Waals surface area contributed by atoms with Crippen molar-refractivity contribution in [3.05, 3.63) is 5.89 Å². The zero-order valence-electron chi connectivity index (χ0n) is 17.9. The normalized spacial score (nSPS) is 20.5. The summed E-state index contributed by atoms with van der Waals surface area (Å²) >= 11 is 1.44. The van der Waals surface area contributed by atoms with Crippen LogP contribution in [0.4, 0.5) is 0 Å². The molecular weight excluding hydrogens is 392 g/mol. The summed E-state index contributed by atoms with van der Waals surface area (Å²) in [6.45, 7) is 9.55. The third-order valence-electron chi connectivity index (χ3n) is 4.83. The molecule has 2 N–H and O–H groups in total. The molecule has 9 heteroatoms. The predicted molar refractivity (Wildman–Crippen MR) is 110 cm³/mol. The molecular formula is C20H32N4O4S. The molecule has 1 aromatic rings. The molecule has 0 bridgehead atoms. The van der Waals surface area contributed by atoms with E-state index in [2.05, 4.69) is 20.8 Å². The molecule has 0 aromatic carbocycles. The van der Waals surface area contributed by atoms with E-state index in [1.165, 1.54) is 18.7 Å². The maximum atomic E-state index is 12.8. The minimum atomic E-state index is -0.649. The number of rotatable bonds is 8. The van der Waals surface area contributed by atoms with Gasteiger partial charge in [0.15, 0.2) is 0 Å². The lowest BCUT2D eigenvalue weighted by molar-refractivity contribution is -0.134. The molecule has 162 valence electrons. The maximum absolute atomic E-state index is 12.8. The molecule has 0 spiro atoms. The molecule has 0 aliphatic heterocycles. The van der Waals surface area contributed by atoms with Crippen LogP contribution in [-0.4, -0.2) is 39.2 Å². The van der Waals surface area contributed by atoms with E-state index in [1.54, 1.807) is 0 Å². The Morgan fingerprint density at radius 3 is 2.31 bits per heavy atom. The van der Waals surface area contributed by atoms with Crippen molar-refractivity contribution in [2.75, 3.05) is 0 Å². The zero-order chi connectivity index (χ0) is 21.6. The number of amides is 3. The second kappa shape index (κ2) is 10.8. The number of carbonyl (C=O) groups excluding carboxylic acids is 3. The first-order chi connectivity index (χ1) is 13.7. The Kier molecular flexibility index (Phi) is 8.67. The monoisotopic (exact) mass is 424 g/mol. The van der Waals surface area contributed by atoms with Crippen LogP contribution in [0.2, 0.25) is 0 Å². The van der Waals surface area contributed by atoms with Crippen LogP contribution in [0.25, 0.3) is 0 Å². The van der Waals surface area contributed by atoms with E-state index in [0.29, 0.717) is 24.5 Å². The molecule has 1 fully saturated rings. The van der Waals surface area contributed by atoms with Gasteiger partial charge in [0.1, 0.15) is 5.92 Å². The van der Waals surface area contributed by atoms with Gasteiger partial charge in [-0.05, 0) is 38.0 Å². The van der Waals surface area contributed by atoms with Crippen molar-refractivity contribution in [2.24, 2.45) is 11.8 Å². The van der Waals surface area contributed by atoms with Crippen LogP contribution < -0.4 is 10.6 Å². The third kappa shape index (κ3) is 7.45. The Balaban J connectivity index is 1.98. The molecule has 1 aliphatic carbocycles. The molecule has 1 aromatic heterocycles. The Bertz CT molecular complexity index is 711. The van der Waals surface area contributed by atoms with Crippen molar-refractivity contribution in [3.8, 4) is 0 Å². The summed E-state index contributed by atoms with van der Waals surface area (Å²) in [7, 11) is 0. The summed E-state index contributed by atoms with van der Waals surface area (Å²) in [5.74, 6) is -1.11. The number of hydrogen-bond donors (Lipinski definition) is 2. The van der Waals surface area contributed by atoms with Crippen molar-refractivity contribution in [3.63, 3.8) is 0 Å². The van der Waals surface area contributed by atoms with E-state index in [-0.39, 0.29) is 40.8 Å². The van der Waals surface area contributed by atoms with Crippen molar-refractivity contribution < 1.29 is 18.8 Å². The number of carbonyl (C=O) groups is 3. The zero-order valence-corrected chi connectivity index (χ0v) is 18.7. The predicted octanol–water partition coefficient (Wildman–Crippen LogP) is 3.04. The Hall–Kier alpha value is -1.90. The standard InChI is InChI=1S/C20H32N4O4S/c1-11(2)10-16(19-23-24-20(28-19)29-12(3)4)18(27)22-17(26)14-6-8-15(9-7-14)21-13(5)25/h11-12,14-16H,6-10H2,1-5H3,(H,21,25)(H,22,26,27)/t14?,15?,16-/m1/s1. The van der Waals surface area contributed by atoms with Crippen LogP contribution in [0.3, 0.4) is 0 Å². The second-order valence-electron chi connectivity index (χ2n) is 8.36. The second-order valence-corrected chi connectivity index (χ2v) is 9.89. The quantitative estimate of drug-likeness (QED) is 0.616. The van der Waals surface area contributed by atoms with Gasteiger partial charge in [-0.1, -0.05) is 39.5 Å². The van der Waals surface area contributed by atoms with Crippen LogP contribution in [0.5, 0.6) is 0 Å². The van der Waals surface area contributed by atoms with Crippen molar-refractivity contribution in [1.29, 1.82) is 0 Å². The van der Waals surface area contributed by atoms with E-state index >= 15 is 0 Å². The average molecular weight is 425 g/mol. The van der Waals surface area contributed by atoms with Gasteiger partial charge in [0, 0.05) is 24.1 Å². The fraction of sp³-hybridized carbons (Fsp3) is 0.750. The SMILES string of the molecule is CC(=O)NC1CCC(C(=O)NC(=O)[C@@H](CC(C)C)c2nnc(SC(C)C)o2)CC1. The Labute approximate surface area is 176 Å². The van der Waals surface area contributed by atoms with E-state index in [0.717, 1.165) is 12.8 Å². The topological polar surface area (TPSA) is 114 Å². The molecule has 1 atom stereocenters. The Morgan fingerprint density at radius 2 is 1.76 bits per heavy atom. The van der Waals surface area contributed by atoms with Gasteiger partial charge in [0.2, 0.25) is 23.6 Å². The van der Waals surface area contributed by atoms with Gasteiger partial charge in [-0.2, -0.15) is 0 Å². The molecule has 1 saturated carbocycles. The summed E-state index contributed by atoms with van der Waals surface area (Å²) in [6.07, 6.45) is 3.28. The van der Waals surface area contributed by atoms with Crippen molar-refractivity contribution in [2.45, 2.75) is 89.2 Å². The van der Waals surface area contributed by atoms with Gasteiger partial charge < -0.3 is 9.73 Å². The highest BCUT2D eigenvalue weighted by molar-refractivity contribution is 7.99. The highest BCUT2D eigenvalue weighted by Crippen LogP contribution is 2.29. The minimum Gasteiger partial charge on any atom is -0.415 e. The number of imide groups is 1. The summed E-state index contributed by atoms with van der Waals surface area (Å²) in [6, 6.07) is 0.108. The first-order valence-corrected chi connectivity index (χ1v) is 11.2. The summed E-state index contributed by atoms with van der Waals surface area (Å²) < 4.78 is 5.69. The van der Waals surface area contributed by atoms with E-state index < -0.39 is 11.8 Å². The average Bonchev–Trinajstić information content (AvgIpc) is 3.06. The van der Waals surface area contributed by atoms with Crippen LogP contribution >= 0.6 is 11.8 Å². The lowest BCUT2D eigenvalue weighted by atomic mass is 9.85. The molecule has 1 aliphatic rings. The third-order valence-corrected chi connectivity index (χ3v) is 5.67. The number of nitrogens with one attached hydrogen (secondary N) is 2. The summed E-state index contributed by atoms with van der Waals surface area (Å²) in [5, 5.41) is 14.2. The molecule has 2 rings (SSSR count). The van der Waals surface area contributed by atoms with E-state index in [1.807, 2.05) is 27.7 Å². The summed E-state index contributed by atoms with van der Waals surface area (Å²) in [5.41, 5.74) is 0. The molecule has 0 unspecified atom stereocenters. The highest BCUT2D eigenvalue weighted by Gasteiger charge is 2.32. The fourth-order valence-electron chi connectivity index (χ4n) is 3.50. The fourth-order valence-corrected chi connectivity index (χ4v) is 4.12. The van der Waals surface area contributed by atoms with Crippen LogP contribution in [0.1, 0.15) is 78.5 Å². The largest absolute Gasteiger partial charge is 0.415 e. The van der Waals surface area contributed by atoms with Crippen molar-refractivity contribution in [1.82, 2.24) is 20.8 Å². The molecule has 29 heavy (non-hydrogen) atoms. The number of hydrogen-bond acceptors (Lipinski definition) is 7. The lowest BCUT2D eigenvalue weighted by Gasteiger charge is -2.28. The van der Waals surface area contributed by atoms with Crippen LogP contribution in [0, 0.1) is 11.8 Å². The first-order valence-electron chi connectivity index (χ1n) is 10.3. The van der Waals surface area contributed by atoms with Gasteiger partial charge in [-0.3, -0.25) is 19.7 Å². The van der Waals surface area contributed by atoms with Gasteiger partial charge >= 0.3 is 0 Å². The molecule has 1 heterocycles. The molecule has 0 radical (unpaired) electrons. The van der Waals surface area contributed by atoms with Gasteiger partial charge in [0.25, 0.3) is 5.22 Å². The Morgan fingerprint density at radius 1 is 1.10 bits per heavy atom. The first kappa shape index (κ1) is 23.4. The van der Waals surface area contributed by atoms with E-state index in [9.17, 15) is 14.4 Å². The van der Waals surface area contributed by atoms with E-state index in [4.69, 9.17) is 4.42 Å². The number of nitrogens with zero attached hydrogens (tertiary/aromatic N) is 2. The van der Waals surface area contributed by atoms with Gasteiger partial charge in [-0.25, -0.2) is 0 Å². The number of aromatic nitrogens is 2. The summed E-state index contributed by atoms with van der Waals surface area (Å²) in [4.78, 5) is 36.6. The molecule has 8 nitrogen and oxygen atoms in total. The smallest absolute Gasteiger partial charge is 0.276 e. The van der Waals surface area contributed by atoms with Crippen LogP contribution in [0.15, 0.2) is 9.64 Å². The van der Waals surface area contributed by atoms with Gasteiger partial charge in [-0.15, -0.1) is 10.2 Å². The van der Waals surface area contributed by atoms with Crippen LogP contribution in [-0.2, 0) is 14.4 Å². The number of thioether (sulfide) groups is 1. The lowest BCUT2D eigenvalue weighted by Crippen LogP contribution is -2.43.